The van der Waals surface area contributed by atoms with E-state index in [4.69, 9.17) is 11.6 Å². The molecule has 1 heterocycles. The van der Waals surface area contributed by atoms with Crippen molar-refractivity contribution in [2.24, 2.45) is 0 Å². The van der Waals surface area contributed by atoms with Crippen LogP contribution < -0.4 is 0 Å². The maximum atomic E-state index is 5.95. The Morgan fingerprint density at radius 2 is 1.81 bits per heavy atom. The molecule has 0 amide bonds. The monoisotopic (exact) mass is 250 g/mol. The largest absolute Gasteiger partial charge is 0.245 e. The summed E-state index contributed by atoms with van der Waals surface area (Å²) in [5, 5.41) is 1.19. The second-order valence-corrected chi connectivity index (χ2v) is 4.92. The summed E-state index contributed by atoms with van der Waals surface area (Å²) >= 11 is 7.48. The van der Waals surface area contributed by atoms with E-state index in [-0.39, 0.29) is 0 Å². The van der Waals surface area contributed by atoms with Gasteiger partial charge in [0.15, 0.2) is 5.15 Å². The first kappa shape index (κ1) is 11.4. The van der Waals surface area contributed by atoms with Crippen LogP contribution in [0.3, 0.4) is 0 Å². The topological polar surface area (TPSA) is 25.8 Å². The van der Waals surface area contributed by atoms with Gasteiger partial charge in [0.1, 0.15) is 5.03 Å². The molecule has 4 heteroatoms. The summed E-state index contributed by atoms with van der Waals surface area (Å²) in [6, 6.07) is 6.30. The van der Waals surface area contributed by atoms with Crippen LogP contribution >= 0.6 is 23.4 Å². The minimum atomic E-state index is 0.450. The molecule has 2 rings (SSSR count). The standard InChI is InChI=1S/C12H11ClN2S/c1-8-3-4-10(7-9(8)2)16-12-11(13)14-5-6-15-12/h3-7H,1-2H3. The highest BCUT2D eigenvalue weighted by atomic mass is 35.5. The van der Waals surface area contributed by atoms with Crippen LogP contribution in [0.15, 0.2) is 40.5 Å². The average Bonchev–Trinajstić information content (AvgIpc) is 2.27. The third-order valence-corrected chi connectivity index (χ3v) is 3.69. The van der Waals surface area contributed by atoms with E-state index < -0.39 is 0 Å². The first-order valence-corrected chi connectivity index (χ1v) is 6.08. The van der Waals surface area contributed by atoms with Gasteiger partial charge in [-0.15, -0.1) is 0 Å². The Labute approximate surface area is 104 Å². The first-order valence-electron chi connectivity index (χ1n) is 4.88. The number of hydrogen-bond donors (Lipinski definition) is 0. The molecule has 0 saturated carbocycles. The summed E-state index contributed by atoms with van der Waals surface area (Å²) < 4.78 is 0. The molecule has 0 N–H and O–H groups in total. The summed E-state index contributed by atoms with van der Waals surface area (Å²) in [6.45, 7) is 4.19. The van der Waals surface area contributed by atoms with Gasteiger partial charge in [-0.2, -0.15) is 0 Å². The fraction of sp³-hybridized carbons (Fsp3) is 0.167. The molecule has 1 aromatic heterocycles. The molecule has 0 spiro atoms. The molecular formula is C12H11ClN2S. The third kappa shape index (κ3) is 2.54. The number of halogens is 1. The predicted octanol–water partition coefficient (Wildman–Crippen LogP) is 3.90. The molecule has 1 aromatic carbocycles. The molecule has 16 heavy (non-hydrogen) atoms. The zero-order valence-electron chi connectivity index (χ0n) is 9.07. The number of hydrogen-bond acceptors (Lipinski definition) is 3. The van der Waals surface area contributed by atoms with E-state index in [0.29, 0.717) is 5.15 Å². The van der Waals surface area contributed by atoms with Crippen LogP contribution in [-0.2, 0) is 0 Å². The van der Waals surface area contributed by atoms with Crippen molar-refractivity contribution >= 4 is 23.4 Å². The van der Waals surface area contributed by atoms with Gasteiger partial charge in [0.05, 0.1) is 0 Å². The summed E-state index contributed by atoms with van der Waals surface area (Å²) in [7, 11) is 0. The molecule has 0 aliphatic rings. The van der Waals surface area contributed by atoms with E-state index in [9.17, 15) is 0 Å². The van der Waals surface area contributed by atoms with E-state index in [1.54, 1.807) is 12.4 Å². The van der Waals surface area contributed by atoms with E-state index in [1.165, 1.54) is 22.9 Å². The van der Waals surface area contributed by atoms with Gasteiger partial charge < -0.3 is 0 Å². The van der Waals surface area contributed by atoms with Gasteiger partial charge in [-0.25, -0.2) is 9.97 Å². The highest BCUT2D eigenvalue weighted by Gasteiger charge is 2.05. The van der Waals surface area contributed by atoms with Crippen LogP contribution in [0, 0.1) is 13.8 Å². The minimum Gasteiger partial charge on any atom is -0.245 e. The summed E-state index contributed by atoms with van der Waals surface area (Å²) in [4.78, 5) is 9.32. The van der Waals surface area contributed by atoms with E-state index >= 15 is 0 Å². The maximum Gasteiger partial charge on any atom is 0.161 e. The Morgan fingerprint density at radius 3 is 2.50 bits per heavy atom. The quantitative estimate of drug-likeness (QED) is 0.809. The van der Waals surface area contributed by atoms with Gasteiger partial charge in [-0.1, -0.05) is 29.4 Å². The van der Waals surface area contributed by atoms with Gasteiger partial charge >= 0.3 is 0 Å². The lowest BCUT2D eigenvalue weighted by Gasteiger charge is -2.04. The van der Waals surface area contributed by atoms with Crippen LogP contribution in [0.25, 0.3) is 0 Å². The highest BCUT2D eigenvalue weighted by molar-refractivity contribution is 7.99. The SMILES string of the molecule is Cc1ccc(Sc2nccnc2Cl)cc1C. The Morgan fingerprint density at radius 1 is 1.06 bits per heavy atom. The van der Waals surface area contributed by atoms with E-state index in [0.717, 1.165) is 9.92 Å². The Bertz CT molecular complexity index is 514. The van der Waals surface area contributed by atoms with Crippen molar-refractivity contribution in [3.63, 3.8) is 0 Å². The molecule has 0 fully saturated rings. The lowest BCUT2D eigenvalue weighted by molar-refractivity contribution is 1.05. The van der Waals surface area contributed by atoms with Crippen molar-refractivity contribution in [1.29, 1.82) is 0 Å². The predicted molar refractivity (Wildman–Crippen MR) is 67.1 cm³/mol. The van der Waals surface area contributed by atoms with Crippen LogP contribution in [0.4, 0.5) is 0 Å². The van der Waals surface area contributed by atoms with Gasteiger partial charge in [0, 0.05) is 17.3 Å². The fourth-order valence-electron chi connectivity index (χ4n) is 1.27. The Balaban J connectivity index is 2.28. The zero-order valence-corrected chi connectivity index (χ0v) is 10.6. The van der Waals surface area contributed by atoms with Crippen LogP contribution in [0.2, 0.25) is 5.15 Å². The fourth-order valence-corrected chi connectivity index (χ4v) is 2.33. The van der Waals surface area contributed by atoms with Gasteiger partial charge in [0.25, 0.3) is 0 Å². The molecule has 0 radical (unpaired) electrons. The van der Waals surface area contributed by atoms with Crippen LogP contribution in [0.1, 0.15) is 11.1 Å². The van der Waals surface area contributed by atoms with Crippen molar-refractivity contribution in [2.45, 2.75) is 23.8 Å². The number of benzene rings is 1. The van der Waals surface area contributed by atoms with Gasteiger partial charge in [-0.05, 0) is 37.1 Å². The van der Waals surface area contributed by atoms with Crippen LogP contribution in [0.5, 0.6) is 0 Å². The maximum absolute atomic E-state index is 5.95. The molecule has 82 valence electrons. The lowest BCUT2D eigenvalue weighted by Crippen LogP contribution is -1.85. The molecule has 0 unspecified atom stereocenters. The van der Waals surface area contributed by atoms with E-state index in [1.807, 2.05) is 0 Å². The molecule has 0 bridgehead atoms. The van der Waals surface area contributed by atoms with Crippen LogP contribution in [-0.4, -0.2) is 9.97 Å². The molecule has 0 aliphatic heterocycles. The summed E-state index contributed by atoms with van der Waals surface area (Å²) in [5.74, 6) is 0. The Kier molecular flexibility index (Phi) is 3.46. The van der Waals surface area contributed by atoms with Gasteiger partial charge in [-0.3, -0.25) is 0 Å². The van der Waals surface area contributed by atoms with Crippen molar-refractivity contribution in [3.05, 3.63) is 46.9 Å². The summed E-state index contributed by atoms with van der Waals surface area (Å²) in [6.07, 6.45) is 3.24. The number of rotatable bonds is 2. The summed E-state index contributed by atoms with van der Waals surface area (Å²) in [5.41, 5.74) is 2.56. The zero-order chi connectivity index (χ0) is 11.5. The molecule has 2 nitrogen and oxygen atoms in total. The molecule has 0 aliphatic carbocycles. The van der Waals surface area contributed by atoms with Crippen molar-refractivity contribution in [3.8, 4) is 0 Å². The average molecular weight is 251 g/mol. The first-order chi connectivity index (χ1) is 7.66. The number of aromatic nitrogens is 2. The normalized spacial score (nSPS) is 10.4. The minimum absolute atomic E-state index is 0.450. The van der Waals surface area contributed by atoms with Crippen molar-refractivity contribution in [1.82, 2.24) is 9.97 Å². The Hall–Kier alpha value is -1.06. The number of nitrogens with zero attached hydrogens (tertiary/aromatic N) is 2. The third-order valence-electron chi connectivity index (χ3n) is 2.32. The molecule has 2 aromatic rings. The molecular weight excluding hydrogens is 240 g/mol. The van der Waals surface area contributed by atoms with E-state index in [2.05, 4.69) is 42.0 Å². The van der Waals surface area contributed by atoms with Gasteiger partial charge in [0.2, 0.25) is 0 Å². The second kappa shape index (κ2) is 4.85. The second-order valence-electron chi connectivity index (χ2n) is 3.50. The van der Waals surface area contributed by atoms with Crippen molar-refractivity contribution in [2.75, 3.05) is 0 Å². The number of aryl methyl sites for hydroxylation is 2. The molecule has 0 atom stereocenters. The smallest absolute Gasteiger partial charge is 0.161 e. The highest BCUT2D eigenvalue weighted by Crippen LogP contribution is 2.30. The van der Waals surface area contributed by atoms with Crippen molar-refractivity contribution < 1.29 is 0 Å². The lowest BCUT2D eigenvalue weighted by atomic mass is 10.1. The molecule has 0 saturated heterocycles.